The number of nitrogens with two attached hydrogens (primary N) is 1. The van der Waals surface area contributed by atoms with Gasteiger partial charge >= 0.3 is 5.97 Å². The minimum Gasteiger partial charge on any atom is -0.477 e. The number of nitrogen functional groups attached to an aromatic ring is 1. The average Bonchev–Trinajstić information content (AvgIpc) is 3.34. The molecule has 206 valence electrons. The van der Waals surface area contributed by atoms with Gasteiger partial charge in [0, 0.05) is 28.7 Å². The summed E-state index contributed by atoms with van der Waals surface area (Å²) < 4.78 is 0.587. The smallest absolute Gasteiger partial charge is 0.352 e. The summed E-state index contributed by atoms with van der Waals surface area (Å²) in [6, 6.07) is 7.79. The van der Waals surface area contributed by atoms with E-state index in [0.717, 1.165) is 36.2 Å². The first kappa shape index (κ1) is 27.2. The number of rotatable bonds is 8. The van der Waals surface area contributed by atoms with Crippen LogP contribution >= 0.6 is 23.1 Å². The number of carbonyl (C=O) groups is 3. The predicted molar refractivity (Wildman–Crippen MR) is 149 cm³/mol. The number of amides is 2. The van der Waals surface area contributed by atoms with E-state index in [9.17, 15) is 19.5 Å². The Labute approximate surface area is 234 Å². The van der Waals surface area contributed by atoms with Crippen molar-refractivity contribution in [2.75, 3.05) is 39.2 Å². The number of thioether (sulfide) groups is 1. The van der Waals surface area contributed by atoms with Crippen molar-refractivity contribution in [1.82, 2.24) is 15.2 Å². The van der Waals surface area contributed by atoms with Gasteiger partial charge in [-0.2, -0.15) is 0 Å². The molecule has 2 amide bonds. The fourth-order valence-corrected chi connectivity index (χ4v) is 7.65. The Kier molecular flexibility index (Phi) is 7.40. The molecule has 0 spiro atoms. The molecule has 0 bridgehead atoms. The molecule has 2 unspecified atom stereocenters. The molecule has 2 aliphatic heterocycles. The van der Waals surface area contributed by atoms with Crippen molar-refractivity contribution in [2.45, 2.75) is 36.7 Å². The lowest BCUT2D eigenvalue weighted by Gasteiger charge is -2.50. The van der Waals surface area contributed by atoms with Crippen molar-refractivity contribution >= 4 is 51.7 Å². The highest BCUT2D eigenvalue weighted by atomic mass is 32.2. The summed E-state index contributed by atoms with van der Waals surface area (Å²) in [5, 5.41) is 17.9. The van der Waals surface area contributed by atoms with Gasteiger partial charge in [-0.15, -0.1) is 23.1 Å². The third-order valence-electron chi connectivity index (χ3n) is 7.48. The number of hydrogen-bond donors (Lipinski definition) is 3. The molecule has 13 heteroatoms. The van der Waals surface area contributed by atoms with Crippen LogP contribution in [0.3, 0.4) is 0 Å². The number of likely N-dealkylation sites (N-methyl/N-ethyl adjacent to an activating group) is 1. The van der Waals surface area contributed by atoms with Gasteiger partial charge in [0.2, 0.25) is 0 Å². The maximum Gasteiger partial charge on any atom is 0.352 e. The quantitative estimate of drug-likeness (QED) is 0.189. The van der Waals surface area contributed by atoms with Crippen LogP contribution in [0.25, 0.3) is 0 Å². The van der Waals surface area contributed by atoms with Crippen molar-refractivity contribution < 1.29 is 28.8 Å². The van der Waals surface area contributed by atoms with E-state index in [4.69, 9.17) is 10.6 Å². The summed E-state index contributed by atoms with van der Waals surface area (Å²) in [5.41, 5.74) is 9.20. The third-order valence-corrected chi connectivity index (χ3v) is 9.49. The standard InChI is InChI=1S/C26H30N6O5S2/c1-32(2,18-10-6-8-14-7-4-5-9-16(14)18)11-15-12-38-24-20(23(34)31(24)21(15)25(35)36)29-22(33)19(30-37-3)17-13-39-26(27)28-17/h4-5,7,9,13,18,20,24H,6,8,10-12H2,1-3H3,(H3-,27,28,29,33,35,36)/p+1/b30-19-/t18?,20-,24?/m1/s1. The normalized spacial score (nSPS) is 23.1. The molecule has 39 heavy (non-hydrogen) atoms. The van der Waals surface area contributed by atoms with E-state index in [-0.39, 0.29) is 28.3 Å². The summed E-state index contributed by atoms with van der Waals surface area (Å²) in [6.07, 6.45) is 3.15. The van der Waals surface area contributed by atoms with Crippen LogP contribution < -0.4 is 11.1 Å². The van der Waals surface area contributed by atoms with Crippen molar-refractivity contribution in [3.8, 4) is 0 Å². The molecular weight excluding hydrogens is 540 g/mol. The number of hydrogen-bond acceptors (Lipinski definition) is 9. The Bertz CT molecular complexity index is 1390. The molecule has 3 aliphatic rings. The van der Waals surface area contributed by atoms with Crippen molar-refractivity contribution in [3.63, 3.8) is 0 Å². The number of aryl methyl sites for hydroxylation is 1. The zero-order valence-electron chi connectivity index (χ0n) is 21.9. The van der Waals surface area contributed by atoms with E-state index < -0.39 is 29.2 Å². The summed E-state index contributed by atoms with van der Waals surface area (Å²) in [7, 11) is 5.55. The third kappa shape index (κ3) is 5.01. The zero-order valence-corrected chi connectivity index (χ0v) is 23.6. The summed E-state index contributed by atoms with van der Waals surface area (Å²) in [4.78, 5) is 48.9. The van der Waals surface area contributed by atoms with Gasteiger partial charge in [0.25, 0.3) is 11.8 Å². The average molecular weight is 572 g/mol. The van der Waals surface area contributed by atoms with Crippen LogP contribution in [0.5, 0.6) is 0 Å². The van der Waals surface area contributed by atoms with Gasteiger partial charge in [-0.1, -0.05) is 29.4 Å². The molecule has 2 aromatic rings. The van der Waals surface area contributed by atoms with Crippen LogP contribution in [-0.4, -0.2) is 87.9 Å². The fourth-order valence-electron chi connectivity index (χ4n) is 5.76. The molecule has 1 aromatic heterocycles. The van der Waals surface area contributed by atoms with E-state index in [1.807, 2.05) is 0 Å². The zero-order chi connectivity index (χ0) is 27.9. The molecule has 11 nitrogen and oxygen atoms in total. The summed E-state index contributed by atoms with van der Waals surface area (Å²) in [6.45, 7) is 0.497. The second-order valence-electron chi connectivity index (χ2n) is 10.4. The van der Waals surface area contributed by atoms with Crippen LogP contribution in [0.2, 0.25) is 0 Å². The number of aliphatic carboxylic acids is 1. The van der Waals surface area contributed by atoms with Gasteiger partial charge < -0.3 is 25.5 Å². The van der Waals surface area contributed by atoms with Gasteiger partial charge in [0.1, 0.15) is 42.5 Å². The molecule has 3 heterocycles. The molecular formula is C26H31N6O5S2+. The number of quaternary nitrogens is 1. The number of aromatic nitrogens is 1. The topological polar surface area (TPSA) is 147 Å². The number of fused-ring (bicyclic) bond motifs is 2. The number of anilines is 1. The molecule has 1 saturated heterocycles. The number of carbonyl (C=O) groups excluding carboxylic acids is 2. The molecule has 1 aliphatic carbocycles. The second-order valence-corrected chi connectivity index (χ2v) is 12.3. The number of benzene rings is 1. The van der Waals surface area contributed by atoms with Gasteiger partial charge in [0.15, 0.2) is 10.8 Å². The van der Waals surface area contributed by atoms with Gasteiger partial charge in [-0.3, -0.25) is 14.5 Å². The number of nitrogens with zero attached hydrogens (tertiary/aromatic N) is 4. The molecule has 4 N–H and O–H groups in total. The van der Waals surface area contributed by atoms with E-state index in [1.54, 1.807) is 5.38 Å². The molecule has 0 radical (unpaired) electrons. The lowest BCUT2D eigenvalue weighted by atomic mass is 9.85. The lowest BCUT2D eigenvalue weighted by Crippen LogP contribution is -2.71. The number of thiazole rings is 1. The number of carboxylic acid groups (broad SMARTS) is 1. The molecule has 0 saturated carbocycles. The highest BCUT2D eigenvalue weighted by Gasteiger charge is 2.55. The molecule has 1 aromatic carbocycles. The first-order chi connectivity index (χ1) is 18.6. The van der Waals surface area contributed by atoms with Crippen molar-refractivity contribution in [2.24, 2.45) is 5.16 Å². The van der Waals surface area contributed by atoms with E-state index >= 15 is 0 Å². The van der Waals surface area contributed by atoms with Crippen LogP contribution in [-0.2, 0) is 25.6 Å². The first-order valence-electron chi connectivity index (χ1n) is 12.6. The second kappa shape index (κ2) is 10.6. The maximum absolute atomic E-state index is 13.2. The maximum atomic E-state index is 13.2. The fraction of sp³-hybridized carbons (Fsp3) is 0.423. The molecule has 1 fully saturated rings. The minimum absolute atomic E-state index is 0.0163. The van der Waals surface area contributed by atoms with Crippen LogP contribution in [0.4, 0.5) is 5.13 Å². The Hall–Kier alpha value is -3.42. The predicted octanol–water partition coefficient (Wildman–Crippen LogP) is 1.97. The summed E-state index contributed by atoms with van der Waals surface area (Å²) >= 11 is 2.59. The lowest BCUT2D eigenvalue weighted by molar-refractivity contribution is -0.917. The highest BCUT2D eigenvalue weighted by Crippen LogP contribution is 2.43. The Morgan fingerprint density at radius 3 is 2.79 bits per heavy atom. The van der Waals surface area contributed by atoms with Crippen molar-refractivity contribution in [3.05, 3.63) is 57.7 Å². The van der Waals surface area contributed by atoms with Gasteiger partial charge in [-0.25, -0.2) is 9.78 Å². The Morgan fingerprint density at radius 1 is 1.33 bits per heavy atom. The SMILES string of the molecule is CO/N=C(\C(=O)N[C@@H]1C(=O)N2C(C(=O)O)=C(C[N+](C)(C)C3CCCc4ccccc43)CSC12)c1csc(N)n1. The number of oxime groups is 1. The Morgan fingerprint density at radius 2 is 2.10 bits per heavy atom. The summed E-state index contributed by atoms with van der Waals surface area (Å²) in [5.74, 6) is -1.82. The van der Waals surface area contributed by atoms with Crippen molar-refractivity contribution in [1.29, 1.82) is 0 Å². The van der Waals surface area contributed by atoms with E-state index in [0.29, 0.717) is 16.8 Å². The molecule has 5 rings (SSSR count). The van der Waals surface area contributed by atoms with Crippen LogP contribution in [0.15, 0.2) is 46.1 Å². The highest BCUT2D eigenvalue weighted by molar-refractivity contribution is 8.00. The largest absolute Gasteiger partial charge is 0.477 e. The minimum atomic E-state index is -1.14. The van der Waals surface area contributed by atoms with E-state index in [2.05, 4.69) is 53.8 Å². The number of carboxylic acids is 1. The number of β-lactam (4-membered cyclic amide) rings is 1. The number of nitrogens with one attached hydrogen (secondary N) is 1. The van der Waals surface area contributed by atoms with E-state index in [1.165, 1.54) is 34.9 Å². The Balaban J connectivity index is 1.35. The monoisotopic (exact) mass is 571 g/mol. The molecule has 3 atom stereocenters. The van der Waals surface area contributed by atoms with Gasteiger partial charge in [0.05, 0.1) is 14.1 Å². The van der Waals surface area contributed by atoms with Gasteiger partial charge in [-0.05, 0) is 18.4 Å². The van der Waals surface area contributed by atoms with Crippen LogP contribution in [0, 0.1) is 0 Å². The first-order valence-corrected chi connectivity index (χ1v) is 14.5. The van der Waals surface area contributed by atoms with Crippen LogP contribution in [0.1, 0.15) is 35.7 Å².